The maximum Gasteiger partial charge on any atom is 0.313 e. The number of imidazole rings is 1. The predicted octanol–water partition coefficient (Wildman–Crippen LogP) is 2.00. The number of aryl methyl sites for hydroxylation is 1. The van der Waals surface area contributed by atoms with E-state index in [0.717, 1.165) is 0 Å². The van der Waals surface area contributed by atoms with Gasteiger partial charge in [0.25, 0.3) is 5.91 Å². The third-order valence-corrected chi connectivity index (χ3v) is 5.38. The molecule has 10 heteroatoms. The summed E-state index contributed by atoms with van der Waals surface area (Å²) in [6, 6.07) is 8.46. The van der Waals surface area contributed by atoms with E-state index in [9.17, 15) is 14.4 Å². The quantitative estimate of drug-likeness (QED) is 0.585. The van der Waals surface area contributed by atoms with Gasteiger partial charge in [-0.1, -0.05) is 36.7 Å². The number of nitrogens with one attached hydrogen (secondary N) is 3. The number of aromatic nitrogens is 2. The van der Waals surface area contributed by atoms with Gasteiger partial charge in [0.2, 0.25) is 0 Å². The lowest BCUT2D eigenvalue weighted by atomic mass is 10.0. The Balaban J connectivity index is 1.62. The van der Waals surface area contributed by atoms with E-state index in [1.165, 1.54) is 4.90 Å². The highest BCUT2D eigenvalue weighted by atomic mass is 35.5. The number of nitrogens with zero attached hydrogens (tertiary/aromatic N) is 2. The number of rotatable bonds is 6. The van der Waals surface area contributed by atoms with Gasteiger partial charge in [-0.3, -0.25) is 14.4 Å². The molecule has 0 radical (unpaired) electrons. The normalized spacial score (nSPS) is 18.5. The van der Waals surface area contributed by atoms with Crippen molar-refractivity contribution in [3.8, 4) is 0 Å². The van der Waals surface area contributed by atoms with Crippen molar-refractivity contribution in [3.63, 3.8) is 0 Å². The molecule has 0 saturated carbocycles. The molecule has 166 valence electrons. The zero-order valence-electron chi connectivity index (χ0n) is 17.5. The fraction of sp³-hybridized carbons (Fsp3) is 0.429. The van der Waals surface area contributed by atoms with Gasteiger partial charge in [-0.2, -0.15) is 0 Å². The lowest BCUT2D eigenvalue weighted by molar-refractivity contribution is -0.146. The second kappa shape index (κ2) is 10.4. The van der Waals surface area contributed by atoms with Crippen molar-refractivity contribution in [2.45, 2.75) is 38.8 Å². The Labute approximate surface area is 185 Å². The first-order chi connectivity index (χ1) is 14.9. The highest BCUT2D eigenvalue weighted by Crippen LogP contribution is 2.17. The van der Waals surface area contributed by atoms with E-state index in [1.807, 2.05) is 19.9 Å². The average Bonchev–Trinajstić information content (AvgIpc) is 3.16. The number of piperidine rings is 1. The Kier molecular flexibility index (Phi) is 7.64. The van der Waals surface area contributed by atoms with Crippen molar-refractivity contribution in [1.82, 2.24) is 20.2 Å². The van der Waals surface area contributed by atoms with E-state index in [1.54, 1.807) is 24.3 Å². The van der Waals surface area contributed by atoms with Crippen LogP contribution < -0.4 is 10.6 Å². The molecule has 0 aliphatic carbocycles. The van der Waals surface area contributed by atoms with Gasteiger partial charge in [0.05, 0.1) is 17.8 Å². The molecule has 1 fully saturated rings. The van der Waals surface area contributed by atoms with Gasteiger partial charge in [0.1, 0.15) is 0 Å². The Morgan fingerprint density at radius 3 is 2.65 bits per heavy atom. The summed E-state index contributed by atoms with van der Waals surface area (Å²) in [5.41, 5.74) is 1.24. The number of benzene rings is 1. The number of para-hydroxylation sites is 1. The van der Waals surface area contributed by atoms with Crippen molar-refractivity contribution in [2.24, 2.45) is 0 Å². The van der Waals surface area contributed by atoms with E-state index in [-0.39, 0.29) is 23.6 Å². The minimum Gasteiger partial charge on any atom is -0.375 e. The number of H-pyrrole nitrogens is 1. The molecule has 3 rings (SSSR count). The fourth-order valence-electron chi connectivity index (χ4n) is 3.47. The molecule has 2 heterocycles. The maximum absolute atomic E-state index is 12.6. The second-order valence-corrected chi connectivity index (χ2v) is 7.50. The molecule has 3 N–H and O–H groups in total. The Bertz CT molecular complexity index is 933. The van der Waals surface area contributed by atoms with E-state index in [0.29, 0.717) is 37.4 Å². The molecule has 9 nitrogen and oxygen atoms in total. The first kappa shape index (κ1) is 22.8. The van der Waals surface area contributed by atoms with E-state index < -0.39 is 23.8 Å². The van der Waals surface area contributed by atoms with Crippen LogP contribution in [0.5, 0.6) is 0 Å². The lowest BCUT2D eigenvalue weighted by Gasteiger charge is -2.38. The average molecular weight is 448 g/mol. The summed E-state index contributed by atoms with van der Waals surface area (Å²) in [4.78, 5) is 46.0. The molecular weight excluding hydrogens is 422 g/mol. The first-order valence-electron chi connectivity index (χ1n) is 10.2. The van der Waals surface area contributed by atoms with Crippen molar-refractivity contribution in [3.05, 3.63) is 47.0 Å². The van der Waals surface area contributed by atoms with Crippen LogP contribution in [-0.4, -0.2) is 64.4 Å². The van der Waals surface area contributed by atoms with Gasteiger partial charge >= 0.3 is 11.8 Å². The molecule has 31 heavy (non-hydrogen) atoms. The number of anilines is 1. The van der Waals surface area contributed by atoms with Crippen LogP contribution in [0.2, 0.25) is 5.15 Å². The molecule has 2 atom stereocenters. The van der Waals surface area contributed by atoms with Crippen molar-refractivity contribution >= 4 is 35.0 Å². The van der Waals surface area contributed by atoms with Gasteiger partial charge in [-0.25, -0.2) is 4.98 Å². The maximum atomic E-state index is 12.6. The lowest BCUT2D eigenvalue weighted by Crippen LogP contribution is -2.57. The molecule has 1 aromatic carbocycles. The van der Waals surface area contributed by atoms with Gasteiger partial charge < -0.3 is 25.3 Å². The second-order valence-electron chi connectivity index (χ2n) is 7.14. The molecule has 2 aromatic rings. The van der Waals surface area contributed by atoms with Crippen LogP contribution in [0.25, 0.3) is 0 Å². The van der Waals surface area contributed by atoms with Crippen molar-refractivity contribution in [1.29, 1.82) is 0 Å². The Morgan fingerprint density at radius 1 is 1.26 bits per heavy atom. The molecular formula is C21H26ClN5O4. The highest BCUT2D eigenvalue weighted by molar-refractivity contribution is 6.39. The number of carbonyl (C=O) groups is 3. The SMILES string of the molecule is CCO[C@H]1CN(C(=O)C(=O)Nc2ccccc2)CC[C@H]1NC(=O)c1nc(Cl)c(CC)[nH]1. The number of hydrogen-bond acceptors (Lipinski definition) is 5. The topological polar surface area (TPSA) is 116 Å². The van der Waals surface area contributed by atoms with Crippen LogP contribution in [0.4, 0.5) is 5.69 Å². The summed E-state index contributed by atoms with van der Waals surface area (Å²) < 4.78 is 5.76. The molecule has 3 amide bonds. The smallest absolute Gasteiger partial charge is 0.313 e. The summed E-state index contributed by atoms with van der Waals surface area (Å²) in [5, 5.41) is 5.78. The van der Waals surface area contributed by atoms with E-state index in [2.05, 4.69) is 20.6 Å². The number of hydrogen-bond donors (Lipinski definition) is 3. The standard InChI is InChI=1S/C21H26ClN5O4/c1-3-14-17(22)26-18(24-14)19(28)25-15-10-11-27(12-16(15)31-4-2)21(30)20(29)23-13-8-6-5-7-9-13/h5-9,15-16H,3-4,10-12H2,1-2H3,(H,23,29)(H,24,26)(H,25,28)/t15-,16+/m1/s1. The fourth-order valence-corrected chi connectivity index (χ4v) is 3.73. The van der Waals surface area contributed by atoms with Crippen molar-refractivity contribution in [2.75, 3.05) is 25.0 Å². The van der Waals surface area contributed by atoms with Crippen LogP contribution in [-0.2, 0) is 20.7 Å². The van der Waals surface area contributed by atoms with Crippen LogP contribution in [0.3, 0.4) is 0 Å². The summed E-state index contributed by atoms with van der Waals surface area (Å²) in [6.07, 6.45) is 0.620. The van der Waals surface area contributed by atoms with E-state index in [4.69, 9.17) is 16.3 Å². The monoisotopic (exact) mass is 447 g/mol. The van der Waals surface area contributed by atoms with Crippen LogP contribution in [0.1, 0.15) is 36.6 Å². The summed E-state index contributed by atoms with van der Waals surface area (Å²) >= 11 is 6.02. The van der Waals surface area contributed by atoms with Crippen LogP contribution >= 0.6 is 11.6 Å². The number of likely N-dealkylation sites (tertiary alicyclic amines) is 1. The number of halogens is 1. The van der Waals surface area contributed by atoms with Crippen LogP contribution in [0, 0.1) is 0 Å². The van der Waals surface area contributed by atoms with Gasteiger partial charge in [0, 0.05) is 25.4 Å². The first-order valence-corrected chi connectivity index (χ1v) is 10.6. The minimum atomic E-state index is -0.707. The summed E-state index contributed by atoms with van der Waals surface area (Å²) in [6.45, 7) is 4.66. The third kappa shape index (κ3) is 5.62. The van der Waals surface area contributed by atoms with Gasteiger partial charge in [-0.05, 0) is 31.9 Å². The number of ether oxygens (including phenoxy) is 1. The molecule has 1 aliphatic heterocycles. The zero-order chi connectivity index (χ0) is 22.4. The number of aromatic amines is 1. The number of amides is 3. The molecule has 0 bridgehead atoms. The van der Waals surface area contributed by atoms with Crippen molar-refractivity contribution < 1.29 is 19.1 Å². The zero-order valence-corrected chi connectivity index (χ0v) is 18.2. The minimum absolute atomic E-state index is 0.137. The molecule has 1 aliphatic rings. The number of carbonyl (C=O) groups excluding carboxylic acids is 3. The molecule has 1 saturated heterocycles. The summed E-state index contributed by atoms with van der Waals surface area (Å²) in [7, 11) is 0. The highest BCUT2D eigenvalue weighted by Gasteiger charge is 2.35. The predicted molar refractivity (Wildman–Crippen MR) is 116 cm³/mol. The van der Waals surface area contributed by atoms with Gasteiger partial charge in [0.15, 0.2) is 11.0 Å². The molecule has 0 spiro atoms. The van der Waals surface area contributed by atoms with Crippen LogP contribution in [0.15, 0.2) is 30.3 Å². The summed E-state index contributed by atoms with van der Waals surface area (Å²) in [5.74, 6) is -1.60. The van der Waals surface area contributed by atoms with E-state index >= 15 is 0 Å². The third-order valence-electron chi connectivity index (χ3n) is 5.07. The Hall–Kier alpha value is -2.91. The van der Waals surface area contributed by atoms with Gasteiger partial charge in [-0.15, -0.1) is 0 Å². The Morgan fingerprint density at radius 2 is 2.00 bits per heavy atom. The molecule has 1 aromatic heterocycles. The largest absolute Gasteiger partial charge is 0.375 e. The molecule has 0 unspecified atom stereocenters.